The molecule has 1 aromatic heterocycles. The van der Waals surface area contributed by atoms with Crippen molar-refractivity contribution in [2.24, 2.45) is 0 Å². The van der Waals surface area contributed by atoms with Crippen LogP contribution in [0.3, 0.4) is 0 Å². The Balaban J connectivity index is 2.42. The number of hydrogen-bond donors (Lipinski definition) is 1. The second kappa shape index (κ2) is 4.28. The van der Waals surface area contributed by atoms with Gasteiger partial charge in [0.25, 0.3) is 0 Å². The van der Waals surface area contributed by atoms with Gasteiger partial charge < -0.3 is 4.98 Å². The number of halogens is 2. The SMILES string of the molecule is Cc1ccc(F)cc1-n1c(=S)[nH]c2ccc(F)cc21. The summed E-state index contributed by atoms with van der Waals surface area (Å²) < 4.78 is 28.9. The average Bonchev–Trinajstić information content (AvgIpc) is 2.68. The number of imidazole rings is 1. The summed E-state index contributed by atoms with van der Waals surface area (Å²) in [6.07, 6.45) is 0. The first-order chi connectivity index (χ1) is 9.06. The number of hydrogen-bond acceptors (Lipinski definition) is 1. The zero-order valence-electron chi connectivity index (χ0n) is 10.1. The van der Waals surface area contributed by atoms with Gasteiger partial charge in [-0.3, -0.25) is 4.57 Å². The van der Waals surface area contributed by atoms with Gasteiger partial charge in [-0.05, 0) is 49.0 Å². The first-order valence-electron chi connectivity index (χ1n) is 5.73. The van der Waals surface area contributed by atoms with Crippen LogP contribution < -0.4 is 0 Å². The number of aromatic nitrogens is 2. The largest absolute Gasteiger partial charge is 0.330 e. The fourth-order valence-corrected chi connectivity index (χ4v) is 2.45. The van der Waals surface area contributed by atoms with Crippen molar-refractivity contribution in [3.8, 4) is 5.69 Å². The van der Waals surface area contributed by atoms with Crippen molar-refractivity contribution in [2.45, 2.75) is 6.92 Å². The minimum Gasteiger partial charge on any atom is -0.330 e. The molecule has 0 bridgehead atoms. The molecule has 0 saturated heterocycles. The Kier molecular flexibility index (Phi) is 2.71. The van der Waals surface area contributed by atoms with Crippen LogP contribution in [0.25, 0.3) is 16.7 Å². The third-order valence-electron chi connectivity index (χ3n) is 3.06. The van der Waals surface area contributed by atoms with Gasteiger partial charge in [-0.1, -0.05) is 6.07 Å². The van der Waals surface area contributed by atoms with Crippen molar-refractivity contribution in [1.29, 1.82) is 0 Å². The lowest BCUT2D eigenvalue weighted by molar-refractivity contribution is 0.626. The van der Waals surface area contributed by atoms with Crippen LogP contribution in [0.2, 0.25) is 0 Å². The molecule has 2 aromatic carbocycles. The van der Waals surface area contributed by atoms with Gasteiger partial charge in [-0.25, -0.2) is 8.78 Å². The molecule has 19 heavy (non-hydrogen) atoms. The molecule has 1 heterocycles. The smallest absolute Gasteiger partial charge is 0.182 e. The predicted molar refractivity (Wildman–Crippen MR) is 73.1 cm³/mol. The van der Waals surface area contributed by atoms with Crippen LogP contribution >= 0.6 is 12.2 Å². The van der Waals surface area contributed by atoms with Gasteiger partial charge in [-0.2, -0.15) is 0 Å². The van der Waals surface area contributed by atoms with E-state index >= 15 is 0 Å². The zero-order valence-corrected chi connectivity index (χ0v) is 10.9. The van der Waals surface area contributed by atoms with E-state index in [1.807, 2.05) is 6.92 Å². The average molecular weight is 276 g/mol. The van der Waals surface area contributed by atoms with Crippen molar-refractivity contribution < 1.29 is 8.78 Å². The minimum atomic E-state index is -0.357. The monoisotopic (exact) mass is 276 g/mol. The lowest BCUT2D eigenvalue weighted by Gasteiger charge is -2.08. The van der Waals surface area contributed by atoms with Crippen LogP contribution in [-0.2, 0) is 0 Å². The van der Waals surface area contributed by atoms with Gasteiger partial charge in [0.05, 0.1) is 16.7 Å². The van der Waals surface area contributed by atoms with Gasteiger partial charge >= 0.3 is 0 Å². The molecule has 0 atom stereocenters. The molecule has 96 valence electrons. The van der Waals surface area contributed by atoms with Crippen LogP contribution in [0.15, 0.2) is 36.4 Å². The molecule has 0 fully saturated rings. The normalized spacial score (nSPS) is 11.1. The van der Waals surface area contributed by atoms with Crippen molar-refractivity contribution in [1.82, 2.24) is 9.55 Å². The summed E-state index contributed by atoms with van der Waals surface area (Å²) in [5, 5.41) is 0. The van der Waals surface area contributed by atoms with Crippen molar-refractivity contribution in [2.75, 3.05) is 0 Å². The molecule has 0 aliphatic carbocycles. The highest BCUT2D eigenvalue weighted by atomic mass is 32.1. The number of nitrogens with zero attached hydrogens (tertiary/aromatic N) is 1. The standard InChI is InChI=1S/C14H10F2N2S/c1-8-2-3-9(15)6-12(8)18-13-7-10(16)4-5-11(13)17-14(18)19/h2-7H,1H3,(H,17,19). The molecule has 0 aliphatic rings. The number of H-pyrrole nitrogens is 1. The number of aryl methyl sites for hydroxylation is 1. The van der Waals surface area contributed by atoms with Crippen LogP contribution in [0.4, 0.5) is 8.78 Å². The summed E-state index contributed by atoms with van der Waals surface area (Å²) in [6.45, 7) is 1.86. The van der Waals surface area contributed by atoms with Gasteiger partial charge in [0.1, 0.15) is 11.6 Å². The molecule has 3 rings (SSSR count). The number of nitrogens with one attached hydrogen (secondary N) is 1. The maximum Gasteiger partial charge on any atom is 0.182 e. The Bertz CT molecular complexity index is 833. The Morgan fingerprint density at radius 1 is 1.05 bits per heavy atom. The Morgan fingerprint density at radius 2 is 1.74 bits per heavy atom. The van der Waals surface area contributed by atoms with E-state index in [1.54, 1.807) is 16.7 Å². The number of aromatic amines is 1. The molecular weight excluding hydrogens is 266 g/mol. The number of rotatable bonds is 1. The van der Waals surface area contributed by atoms with E-state index in [4.69, 9.17) is 12.2 Å². The predicted octanol–water partition coefficient (Wildman–Crippen LogP) is 4.27. The highest BCUT2D eigenvalue weighted by Gasteiger charge is 2.10. The molecule has 0 saturated carbocycles. The molecule has 2 nitrogen and oxygen atoms in total. The molecule has 0 spiro atoms. The van der Waals surface area contributed by atoms with Gasteiger partial charge in [0.2, 0.25) is 0 Å². The van der Waals surface area contributed by atoms with Crippen LogP contribution in [-0.4, -0.2) is 9.55 Å². The highest BCUT2D eigenvalue weighted by Crippen LogP contribution is 2.23. The van der Waals surface area contributed by atoms with E-state index in [0.29, 0.717) is 16.0 Å². The first kappa shape index (κ1) is 12.0. The molecule has 0 amide bonds. The summed E-state index contributed by atoms with van der Waals surface area (Å²) in [7, 11) is 0. The lowest BCUT2D eigenvalue weighted by Crippen LogP contribution is -1.98. The maximum atomic E-state index is 13.4. The van der Waals surface area contributed by atoms with Gasteiger partial charge in [-0.15, -0.1) is 0 Å². The number of fused-ring (bicyclic) bond motifs is 1. The Morgan fingerprint density at radius 3 is 2.53 bits per heavy atom. The highest BCUT2D eigenvalue weighted by molar-refractivity contribution is 7.71. The van der Waals surface area contributed by atoms with E-state index in [9.17, 15) is 8.78 Å². The van der Waals surface area contributed by atoms with E-state index < -0.39 is 0 Å². The second-order valence-electron chi connectivity index (χ2n) is 4.36. The molecular formula is C14H10F2N2S. The third-order valence-corrected chi connectivity index (χ3v) is 3.34. The summed E-state index contributed by atoms with van der Waals surface area (Å²) in [6, 6.07) is 8.81. The Labute approximate surface area is 113 Å². The maximum absolute atomic E-state index is 13.4. The molecule has 3 aromatic rings. The van der Waals surface area contributed by atoms with Gasteiger partial charge in [0, 0.05) is 6.07 Å². The minimum absolute atomic E-state index is 0.353. The topological polar surface area (TPSA) is 20.7 Å². The number of benzene rings is 2. The second-order valence-corrected chi connectivity index (χ2v) is 4.74. The Hall–Kier alpha value is -2.01. The van der Waals surface area contributed by atoms with Crippen LogP contribution in [0.5, 0.6) is 0 Å². The van der Waals surface area contributed by atoms with Crippen LogP contribution in [0.1, 0.15) is 5.56 Å². The molecule has 5 heteroatoms. The molecule has 1 N–H and O–H groups in total. The third kappa shape index (κ3) is 1.96. The quantitative estimate of drug-likeness (QED) is 0.658. The molecule has 0 radical (unpaired) electrons. The van der Waals surface area contributed by atoms with Crippen molar-refractivity contribution >= 4 is 23.3 Å². The summed E-state index contributed by atoms with van der Waals surface area (Å²) in [5.41, 5.74) is 2.79. The fourth-order valence-electron chi connectivity index (χ4n) is 2.14. The van der Waals surface area contributed by atoms with Crippen molar-refractivity contribution in [3.05, 3.63) is 58.4 Å². The van der Waals surface area contributed by atoms with E-state index in [-0.39, 0.29) is 11.6 Å². The zero-order chi connectivity index (χ0) is 13.6. The first-order valence-corrected chi connectivity index (χ1v) is 6.14. The van der Waals surface area contributed by atoms with E-state index in [2.05, 4.69) is 4.98 Å². The summed E-state index contributed by atoms with van der Waals surface area (Å²) in [5.74, 6) is -0.711. The molecule has 0 unspecified atom stereocenters. The van der Waals surface area contributed by atoms with Crippen LogP contribution in [0, 0.1) is 23.3 Å². The van der Waals surface area contributed by atoms with E-state index in [1.165, 1.54) is 24.3 Å². The van der Waals surface area contributed by atoms with E-state index in [0.717, 1.165) is 11.1 Å². The lowest BCUT2D eigenvalue weighted by atomic mass is 10.2. The summed E-state index contributed by atoms with van der Waals surface area (Å²) >= 11 is 5.24. The molecule has 0 aliphatic heterocycles. The summed E-state index contributed by atoms with van der Waals surface area (Å²) in [4.78, 5) is 2.99. The van der Waals surface area contributed by atoms with Gasteiger partial charge in [0.15, 0.2) is 4.77 Å². The van der Waals surface area contributed by atoms with Crippen molar-refractivity contribution in [3.63, 3.8) is 0 Å². The fraction of sp³-hybridized carbons (Fsp3) is 0.0714.